The van der Waals surface area contributed by atoms with Gasteiger partial charge in [-0.15, -0.1) is 12.4 Å². The number of carbonyl (C=O) groups excluding carboxylic acids is 1. The van der Waals surface area contributed by atoms with Gasteiger partial charge in [0.25, 0.3) is 0 Å². The summed E-state index contributed by atoms with van der Waals surface area (Å²) in [5.74, 6) is 0.239. The number of halogens is 1. The molecule has 4 fully saturated rings. The highest BCUT2D eigenvalue weighted by Crippen LogP contribution is 2.49. The van der Waals surface area contributed by atoms with Crippen LogP contribution in [0.15, 0.2) is 30.3 Å². The van der Waals surface area contributed by atoms with Crippen LogP contribution < -0.4 is 10.2 Å². The van der Waals surface area contributed by atoms with Gasteiger partial charge in [0.15, 0.2) is 0 Å². The molecule has 1 N–H and O–H groups in total. The van der Waals surface area contributed by atoms with Gasteiger partial charge in [0.05, 0.1) is 6.67 Å². The fraction of sp³-hybridized carbons (Fsp3) is 0.708. The minimum absolute atomic E-state index is 0. The number of anilines is 1. The number of amides is 1. The lowest BCUT2D eigenvalue weighted by Gasteiger charge is -2.50. The Morgan fingerprint density at radius 3 is 2.31 bits per heavy atom. The number of hydrogen-bond acceptors (Lipinski definition) is 3. The summed E-state index contributed by atoms with van der Waals surface area (Å²) in [6.07, 6.45) is 14.8. The maximum absolute atomic E-state index is 12.9. The molecule has 4 aliphatic rings. The molecule has 1 atom stereocenters. The summed E-state index contributed by atoms with van der Waals surface area (Å²) in [6.45, 7) is 2.78. The van der Waals surface area contributed by atoms with Crippen LogP contribution in [0.5, 0.6) is 0 Å². The van der Waals surface area contributed by atoms with Gasteiger partial charge in [0.2, 0.25) is 5.91 Å². The quantitative estimate of drug-likeness (QED) is 0.755. The molecular weight excluding hydrogens is 382 g/mol. The van der Waals surface area contributed by atoms with Crippen molar-refractivity contribution < 1.29 is 4.79 Å². The summed E-state index contributed by atoms with van der Waals surface area (Å²) in [5, 5.41) is 3.14. The molecule has 5 rings (SSSR count). The molecule has 4 nitrogen and oxygen atoms in total. The molecule has 1 unspecified atom stereocenters. The lowest BCUT2D eigenvalue weighted by Crippen LogP contribution is -2.58. The van der Waals surface area contributed by atoms with Crippen molar-refractivity contribution >= 4 is 24.0 Å². The molecule has 0 bridgehead atoms. The lowest BCUT2D eigenvalue weighted by molar-refractivity contribution is -0.125. The van der Waals surface area contributed by atoms with Crippen LogP contribution in [0.2, 0.25) is 0 Å². The summed E-state index contributed by atoms with van der Waals surface area (Å²) < 4.78 is 0. The third-order valence-electron chi connectivity index (χ3n) is 8.37. The Hall–Kier alpha value is -1.26. The van der Waals surface area contributed by atoms with Gasteiger partial charge in [-0.05, 0) is 62.5 Å². The number of para-hydroxylation sites is 1. The van der Waals surface area contributed by atoms with Crippen molar-refractivity contribution in [3.8, 4) is 0 Å². The molecule has 160 valence electrons. The molecule has 2 aliphatic heterocycles. The maximum Gasteiger partial charge on any atom is 0.247 e. The van der Waals surface area contributed by atoms with E-state index in [1.54, 1.807) is 0 Å². The van der Waals surface area contributed by atoms with Crippen LogP contribution in [0.3, 0.4) is 0 Å². The molecular formula is C24H36ClN3O. The van der Waals surface area contributed by atoms with Gasteiger partial charge >= 0.3 is 0 Å². The Morgan fingerprint density at radius 2 is 1.59 bits per heavy atom. The standard InChI is InChI=1S/C24H35N3O.ClH/c28-22-24(27(19-25-22)20-8-3-1-4-9-20)14-16-26(17-15-24)21-10-7-13-23(18-21)11-5-2-6-12-23;/h1,3-4,8-9,21H,2,5-7,10-19H2,(H,25,28);1H. The van der Waals surface area contributed by atoms with Crippen LogP contribution in [0, 0.1) is 5.41 Å². The van der Waals surface area contributed by atoms with E-state index in [0.29, 0.717) is 12.1 Å². The molecule has 5 heteroatoms. The number of benzene rings is 1. The first-order valence-corrected chi connectivity index (χ1v) is 11.6. The number of nitrogens with one attached hydrogen (secondary N) is 1. The minimum Gasteiger partial charge on any atom is -0.339 e. The highest BCUT2D eigenvalue weighted by molar-refractivity contribution is 5.93. The van der Waals surface area contributed by atoms with Crippen LogP contribution in [-0.2, 0) is 4.79 Å². The van der Waals surface area contributed by atoms with E-state index in [4.69, 9.17) is 0 Å². The van der Waals surface area contributed by atoms with Gasteiger partial charge < -0.3 is 15.1 Å². The molecule has 1 amide bonds. The average molecular weight is 418 g/mol. The zero-order valence-corrected chi connectivity index (χ0v) is 18.4. The van der Waals surface area contributed by atoms with E-state index < -0.39 is 0 Å². The fourth-order valence-corrected chi connectivity index (χ4v) is 6.78. The largest absolute Gasteiger partial charge is 0.339 e. The molecule has 0 aromatic heterocycles. The summed E-state index contributed by atoms with van der Waals surface area (Å²) in [5.41, 5.74) is 1.49. The third kappa shape index (κ3) is 3.79. The number of hydrogen-bond donors (Lipinski definition) is 1. The Balaban J connectivity index is 0.00000205. The van der Waals surface area contributed by atoms with Crippen LogP contribution in [0.1, 0.15) is 70.6 Å². The monoisotopic (exact) mass is 417 g/mol. The van der Waals surface area contributed by atoms with E-state index in [1.807, 2.05) is 6.07 Å². The topological polar surface area (TPSA) is 35.6 Å². The van der Waals surface area contributed by atoms with Gasteiger partial charge in [0.1, 0.15) is 5.54 Å². The minimum atomic E-state index is -0.338. The fourth-order valence-electron chi connectivity index (χ4n) is 6.78. The van der Waals surface area contributed by atoms with E-state index >= 15 is 0 Å². The summed E-state index contributed by atoms with van der Waals surface area (Å²) >= 11 is 0. The Labute approximate surface area is 181 Å². The van der Waals surface area contributed by atoms with Gasteiger partial charge in [-0.1, -0.05) is 43.9 Å². The highest BCUT2D eigenvalue weighted by atomic mass is 35.5. The highest BCUT2D eigenvalue weighted by Gasteiger charge is 2.51. The average Bonchev–Trinajstić information content (AvgIpc) is 3.05. The number of rotatable bonds is 2. The Bertz CT molecular complexity index is 690. The molecule has 1 aromatic rings. The second-order valence-electron chi connectivity index (χ2n) is 9.81. The van der Waals surface area contributed by atoms with Crippen molar-refractivity contribution in [2.75, 3.05) is 24.7 Å². The number of carbonyl (C=O) groups is 1. The zero-order chi connectivity index (χ0) is 19.0. The lowest BCUT2D eigenvalue weighted by atomic mass is 9.63. The number of nitrogens with zero attached hydrogens (tertiary/aromatic N) is 2. The molecule has 2 aliphatic carbocycles. The summed E-state index contributed by atoms with van der Waals surface area (Å²) in [7, 11) is 0. The van der Waals surface area contributed by atoms with Crippen molar-refractivity contribution in [1.29, 1.82) is 0 Å². The molecule has 2 saturated carbocycles. The van der Waals surface area contributed by atoms with Gasteiger partial charge in [-0.2, -0.15) is 0 Å². The predicted molar refractivity (Wildman–Crippen MR) is 120 cm³/mol. The van der Waals surface area contributed by atoms with Crippen molar-refractivity contribution in [1.82, 2.24) is 10.2 Å². The SMILES string of the molecule is Cl.O=C1NCN(c2ccccc2)C12CCN(C1CCCC3(CCCCC3)C1)CC2. The first-order chi connectivity index (χ1) is 13.7. The van der Waals surface area contributed by atoms with Crippen LogP contribution >= 0.6 is 12.4 Å². The second kappa shape index (κ2) is 8.47. The molecule has 2 heterocycles. The van der Waals surface area contributed by atoms with E-state index in [2.05, 4.69) is 39.4 Å². The van der Waals surface area contributed by atoms with Gasteiger partial charge in [0, 0.05) is 24.8 Å². The molecule has 2 saturated heterocycles. The number of piperidine rings is 1. The van der Waals surface area contributed by atoms with Crippen LogP contribution in [0.4, 0.5) is 5.69 Å². The Kier molecular flexibility index (Phi) is 6.13. The normalized spacial score (nSPS) is 28.9. The first kappa shape index (κ1) is 21.0. The number of likely N-dealkylation sites (tertiary alicyclic amines) is 1. The van der Waals surface area contributed by atoms with E-state index in [0.717, 1.165) is 32.0 Å². The van der Waals surface area contributed by atoms with Crippen molar-refractivity contribution in [3.63, 3.8) is 0 Å². The van der Waals surface area contributed by atoms with Crippen molar-refractivity contribution in [3.05, 3.63) is 30.3 Å². The van der Waals surface area contributed by atoms with Gasteiger partial charge in [-0.25, -0.2) is 0 Å². The summed E-state index contributed by atoms with van der Waals surface area (Å²) in [6, 6.07) is 11.2. The molecule has 29 heavy (non-hydrogen) atoms. The van der Waals surface area contributed by atoms with Crippen LogP contribution in [0.25, 0.3) is 0 Å². The zero-order valence-electron chi connectivity index (χ0n) is 17.6. The molecule has 1 aromatic carbocycles. The smallest absolute Gasteiger partial charge is 0.247 e. The molecule has 2 spiro atoms. The second-order valence-corrected chi connectivity index (χ2v) is 9.81. The van der Waals surface area contributed by atoms with E-state index in [9.17, 15) is 4.79 Å². The van der Waals surface area contributed by atoms with Crippen LogP contribution in [-0.4, -0.2) is 42.1 Å². The van der Waals surface area contributed by atoms with Crippen molar-refractivity contribution in [2.45, 2.75) is 82.2 Å². The van der Waals surface area contributed by atoms with Crippen molar-refractivity contribution in [2.24, 2.45) is 5.41 Å². The Morgan fingerprint density at radius 1 is 0.897 bits per heavy atom. The van der Waals surface area contributed by atoms with E-state index in [-0.39, 0.29) is 23.9 Å². The summed E-state index contributed by atoms with van der Waals surface area (Å²) in [4.78, 5) is 18.0. The maximum atomic E-state index is 12.9. The van der Waals surface area contributed by atoms with Gasteiger partial charge in [-0.3, -0.25) is 4.79 Å². The molecule has 0 radical (unpaired) electrons. The predicted octanol–water partition coefficient (Wildman–Crippen LogP) is 4.73. The van der Waals surface area contributed by atoms with E-state index in [1.165, 1.54) is 63.5 Å². The third-order valence-corrected chi connectivity index (χ3v) is 8.37. The first-order valence-electron chi connectivity index (χ1n) is 11.6.